The molecule has 204 valence electrons. The predicted octanol–water partition coefficient (Wildman–Crippen LogP) is 3.03. The zero-order valence-corrected chi connectivity index (χ0v) is 22.0. The number of nitrogens with two attached hydrogens (primary N) is 1. The monoisotopic (exact) mass is 516 g/mol. The lowest BCUT2D eigenvalue weighted by atomic mass is 9.94. The molecule has 0 heterocycles. The number of carbonyl (C=O) groups is 4. The lowest BCUT2D eigenvalue weighted by Gasteiger charge is -2.36. The van der Waals surface area contributed by atoms with E-state index in [1.165, 1.54) is 17.0 Å². The van der Waals surface area contributed by atoms with E-state index < -0.39 is 35.6 Å². The molecule has 0 spiro atoms. The van der Waals surface area contributed by atoms with E-state index in [9.17, 15) is 24.3 Å². The van der Waals surface area contributed by atoms with E-state index in [1.807, 2.05) is 0 Å². The minimum atomic E-state index is -1.11. The highest BCUT2D eigenvalue weighted by Crippen LogP contribution is 2.36. The van der Waals surface area contributed by atoms with Gasteiger partial charge in [-0.25, -0.2) is 4.79 Å². The Morgan fingerprint density at radius 1 is 1.05 bits per heavy atom. The van der Waals surface area contributed by atoms with Gasteiger partial charge in [0.15, 0.2) is 0 Å². The summed E-state index contributed by atoms with van der Waals surface area (Å²) in [6, 6.07) is 3.99. The fourth-order valence-corrected chi connectivity index (χ4v) is 4.67. The summed E-state index contributed by atoms with van der Waals surface area (Å²) in [5.74, 6) is -1.34. The zero-order valence-electron chi connectivity index (χ0n) is 22.0. The average molecular weight is 517 g/mol. The molecule has 2 aliphatic rings. The topological polar surface area (TPSA) is 151 Å². The third-order valence-electron chi connectivity index (χ3n) is 6.55. The third kappa shape index (κ3) is 8.65. The molecule has 0 aliphatic heterocycles. The fraction of sp³-hybridized carbons (Fsp3) is 0.630. The molecule has 4 amide bonds. The van der Waals surface area contributed by atoms with Crippen molar-refractivity contribution >= 4 is 23.8 Å². The number of aromatic hydroxyl groups is 1. The van der Waals surface area contributed by atoms with Gasteiger partial charge in [0.2, 0.25) is 17.7 Å². The molecule has 1 aromatic carbocycles. The van der Waals surface area contributed by atoms with Gasteiger partial charge in [0, 0.05) is 18.5 Å². The first kappa shape index (κ1) is 28.3. The number of phenolic OH excluding ortho intramolecular Hbond substituents is 1. The molecule has 2 fully saturated rings. The van der Waals surface area contributed by atoms with Gasteiger partial charge >= 0.3 is 6.09 Å². The van der Waals surface area contributed by atoms with E-state index in [1.54, 1.807) is 32.9 Å². The first-order valence-electron chi connectivity index (χ1n) is 13.1. The first-order valence-corrected chi connectivity index (χ1v) is 13.1. The number of hydrogen-bond acceptors (Lipinski definition) is 6. The molecule has 1 aromatic rings. The van der Waals surface area contributed by atoms with Gasteiger partial charge in [0.1, 0.15) is 23.4 Å². The Bertz CT molecular complexity index is 964. The Morgan fingerprint density at radius 3 is 2.22 bits per heavy atom. The number of amides is 4. The van der Waals surface area contributed by atoms with E-state index in [4.69, 9.17) is 10.5 Å². The van der Waals surface area contributed by atoms with Crippen molar-refractivity contribution < 1.29 is 29.0 Å². The Balaban J connectivity index is 1.92. The van der Waals surface area contributed by atoms with Crippen LogP contribution in [0.5, 0.6) is 5.75 Å². The van der Waals surface area contributed by atoms with Crippen LogP contribution in [0.1, 0.15) is 90.2 Å². The lowest BCUT2D eigenvalue weighted by molar-refractivity contribution is -0.143. The Morgan fingerprint density at radius 2 is 1.68 bits per heavy atom. The molecule has 10 nitrogen and oxygen atoms in total. The van der Waals surface area contributed by atoms with Crippen molar-refractivity contribution in [3.63, 3.8) is 0 Å². The smallest absolute Gasteiger partial charge is 0.408 e. The van der Waals surface area contributed by atoms with Crippen LogP contribution in [-0.4, -0.2) is 57.5 Å². The molecule has 0 saturated heterocycles. The predicted molar refractivity (Wildman–Crippen MR) is 137 cm³/mol. The van der Waals surface area contributed by atoms with Gasteiger partial charge in [-0.3, -0.25) is 14.4 Å². The van der Waals surface area contributed by atoms with E-state index in [0.717, 1.165) is 32.1 Å². The molecule has 2 unspecified atom stereocenters. The molecule has 2 atom stereocenters. The number of carbonyl (C=O) groups excluding carboxylic acids is 4. The van der Waals surface area contributed by atoms with E-state index >= 15 is 0 Å². The van der Waals surface area contributed by atoms with Gasteiger partial charge in [0.25, 0.3) is 0 Å². The van der Waals surface area contributed by atoms with E-state index in [0.29, 0.717) is 18.4 Å². The summed E-state index contributed by atoms with van der Waals surface area (Å²) >= 11 is 0. The highest BCUT2D eigenvalue weighted by atomic mass is 16.6. The van der Waals surface area contributed by atoms with Crippen molar-refractivity contribution in [1.82, 2.24) is 15.5 Å². The number of nitrogens with zero attached hydrogens (tertiary/aromatic N) is 1. The molecule has 5 N–H and O–H groups in total. The van der Waals surface area contributed by atoms with Crippen LogP contribution in [0.25, 0.3) is 0 Å². The number of benzene rings is 1. The highest BCUT2D eigenvalue weighted by molar-refractivity contribution is 5.93. The zero-order chi connectivity index (χ0) is 27.2. The molecular weight excluding hydrogens is 476 g/mol. The number of nitrogens with one attached hydrogen (secondary N) is 2. The molecule has 37 heavy (non-hydrogen) atoms. The van der Waals surface area contributed by atoms with Crippen LogP contribution < -0.4 is 16.4 Å². The summed E-state index contributed by atoms with van der Waals surface area (Å²) < 4.78 is 5.34. The van der Waals surface area contributed by atoms with Crippen LogP contribution in [0.2, 0.25) is 0 Å². The SMILES string of the molecule is CC(C)(C)OC(=O)NC(CCC(N)=O)C(=O)N(C1CC1)C(C(=O)NC1CCCCC1)c1ccc(O)cc1. The molecular formula is C27H40N4O6. The van der Waals surface area contributed by atoms with Crippen LogP contribution in [-0.2, 0) is 19.1 Å². The Kier molecular flexibility index (Phi) is 9.39. The summed E-state index contributed by atoms with van der Waals surface area (Å²) in [6.07, 6.45) is 5.46. The van der Waals surface area contributed by atoms with Crippen molar-refractivity contribution in [3.8, 4) is 5.75 Å². The number of hydrogen-bond donors (Lipinski definition) is 4. The number of primary amides is 1. The second-order valence-corrected chi connectivity index (χ2v) is 11.0. The summed E-state index contributed by atoms with van der Waals surface area (Å²) in [4.78, 5) is 53.3. The molecule has 0 aromatic heterocycles. The number of phenols is 1. The van der Waals surface area contributed by atoms with Crippen molar-refractivity contribution in [1.29, 1.82) is 0 Å². The fourth-order valence-electron chi connectivity index (χ4n) is 4.67. The Labute approximate surface area is 218 Å². The number of alkyl carbamates (subject to hydrolysis) is 1. The molecule has 2 saturated carbocycles. The standard InChI is InChI=1S/C27H40N4O6/c1-27(2,3)37-26(36)30-21(15-16-22(28)33)25(35)31(19-11-12-19)23(17-9-13-20(32)14-10-17)24(34)29-18-7-5-4-6-8-18/h9-10,13-14,18-19,21,23,32H,4-8,11-12,15-16H2,1-3H3,(H2,28,33)(H,29,34)(H,30,36). The second kappa shape index (κ2) is 12.3. The van der Waals surface area contributed by atoms with Crippen LogP contribution in [0.15, 0.2) is 24.3 Å². The average Bonchev–Trinajstić information content (AvgIpc) is 3.65. The van der Waals surface area contributed by atoms with Crippen LogP contribution in [0.4, 0.5) is 4.79 Å². The van der Waals surface area contributed by atoms with Crippen molar-refractivity contribution in [2.75, 3.05) is 0 Å². The van der Waals surface area contributed by atoms with Crippen molar-refractivity contribution in [2.24, 2.45) is 5.73 Å². The van der Waals surface area contributed by atoms with Gasteiger partial charge in [-0.15, -0.1) is 0 Å². The minimum absolute atomic E-state index is 0.0246. The maximum atomic E-state index is 14.0. The van der Waals surface area contributed by atoms with Crippen LogP contribution in [0, 0.1) is 0 Å². The van der Waals surface area contributed by atoms with Gasteiger partial charge in [0.05, 0.1) is 0 Å². The largest absolute Gasteiger partial charge is 0.508 e. The highest BCUT2D eigenvalue weighted by Gasteiger charge is 2.44. The maximum absolute atomic E-state index is 14.0. The Hall–Kier alpha value is -3.30. The second-order valence-electron chi connectivity index (χ2n) is 11.0. The molecule has 10 heteroatoms. The van der Waals surface area contributed by atoms with E-state index in [2.05, 4.69) is 10.6 Å². The summed E-state index contributed by atoms with van der Waals surface area (Å²) in [6.45, 7) is 5.12. The van der Waals surface area contributed by atoms with Crippen molar-refractivity contribution in [3.05, 3.63) is 29.8 Å². The van der Waals surface area contributed by atoms with Gasteiger partial charge in [-0.2, -0.15) is 0 Å². The summed E-state index contributed by atoms with van der Waals surface area (Å²) in [5, 5.41) is 15.5. The quantitative estimate of drug-likeness (QED) is 0.375. The third-order valence-corrected chi connectivity index (χ3v) is 6.55. The van der Waals surface area contributed by atoms with Crippen LogP contribution in [0.3, 0.4) is 0 Å². The van der Waals surface area contributed by atoms with E-state index in [-0.39, 0.29) is 36.6 Å². The lowest BCUT2D eigenvalue weighted by Crippen LogP contribution is -2.54. The van der Waals surface area contributed by atoms with Gasteiger partial charge in [-0.1, -0.05) is 31.4 Å². The normalized spacial score (nSPS) is 17.8. The molecule has 0 radical (unpaired) electrons. The molecule has 3 rings (SSSR count). The van der Waals surface area contributed by atoms with Crippen LogP contribution >= 0.6 is 0 Å². The van der Waals surface area contributed by atoms with Gasteiger partial charge in [-0.05, 0) is 70.6 Å². The molecule has 0 bridgehead atoms. The summed E-state index contributed by atoms with van der Waals surface area (Å²) in [5.41, 5.74) is 5.11. The minimum Gasteiger partial charge on any atom is -0.508 e. The van der Waals surface area contributed by atoms with Gasteiger partial charge < -0.3 is 31.1 Å². The first-order chi connectivity index (χ1) is 17.4. The number of ether oxygens (including phenoxy) is 1. The number of rotatable bonds is 10. The van der Waals surface area contributed by atoms with Crippen molar-refractivity contribution in [2.45, 2.75) is 108 Å². The summed E-state index contributed by atoms with van der Waals surface area (Å²) in [7, 11) is 0. The maximum Gasteiger partial charge on any atom is 0.408 e. The molecule has 2 aliphatic carbocycles.